The summed E-state index contributed by atoms with van der Waals surface area (Å²) >= 11 is 0. The molecule has 0 N–H and O–H groups in total. The zero-order valence-corrected chi connectivity index (χ0v) is 12.4. The molecule has 0 heteroatoms. The predicted octanol–water partition coefficient (Wildman–Crippen LogP) is 6.20. The van der Waals surface area contributed by atoms with Gasteiger partial charge in [0.1, 0.15) is 0 Å². The van der Waals surface area contributed by atoms with Crippen molar-refractivity contribution >= 4 is 22.4 Å². The van der Waals surface area contributed by atoms with Crippen LogP contribution in [0.4, 0.5) is 0 Å². The molecule has 0 heterocycles. The molecule has 0 aliphatic heterocycles. The van der Waals surface area contributed by atoms with Crippen LogP contribution in [-0.4, -0.2) is 0 Å². The number of rotatable bonds is 2. The third-order valence-corrected chi connectivity index (χ3v) is 3.31. The Bertz CT molecular complexity index is 731. The van der Waals surface area contributed by atoms with Gasteiger partial charge in [-0.3, -0.25) is 0 Å². The maximum Gasteiger partial charge on any atom is -0.0112 e. The van der Waals surface area contributed by atoms with Crippen LogP contribution in [-0.2, 0) is 0 Å². The molecule has 3 rings (SSSR count). The van der Waals surface area contributed by atoms with Gasteiger partial charge >= 0.3 is 0 Å². The van der Waals surface area contributed by atoms with E-state index in [4.69, 9.17) is 0 Å². The first-order valence-corrected chi connectivity index (χ1v) is 7.03. The van der Waals surface area contributed by atoms with Crippen molar-refractivity contribution < 1.29 is 0 Å². The maximum atomic E-state index is 3.83. The lowest BCUT2D eigenvalue weighted by Crippen LogP contribution is -1.75. The van der Waals surface area contributed by atoms with Crippen molar-refractivity contribution in [3.8, 4) is 0 Å². The van der Waals surface area contributed by atoms with E-state index >= 15 is 0 Å². The molecule has 0 amide bonds. The van der Waals surface area contributed by atoms with Gasteiger partial charge in [0.25, 0.3) is 0 Å². The Morgan fingerprint density at radius 3 is 2.05 bits per heavy atom. The third kappa shape index (κ3) is 3.93. The summed E-state index contributed by atoms with van der Waals surface area (Å²) in [5.41, 5.74) is 3.54. The van der Waals surface area contributed by atoms with Gasteiger partial charge in [0, 0.05) is 0 Å². The average Bonchev–Trinajstić information content (AvgIpc) is 2.55. The van der Waals surface area contributed by atoms with Gasteiger partial charge in [-0.1, -0.05) is 97.6 Å². The minimum atomic E-state index is 1.12. The summed E-state index contributed by atoms with van der Waals surface area (Å²) in [6, 6.07) is 24.7. The fourth-order valence-electron chi connectivity index (χ4n) is 2.15. The SMILES string of the molecule is C=C(C)c1ccccc1.C=Cc1cccc2ccccc12. The Balaban J connectivity index is 0.000000161. The van der Waals surface area contributed by atoms with Crippen LogP contribution >= 0.6 is 0 Å². The van der Waals surface area contributed by atoms with Gasteiger partial charge < -0.3 is 0 Å². The molecule has 0 atom stereocenters. The van der Waals surface area contributed by atoms with Crippen molar-refractivity contribution in [1.29, 1.82) is 0 Å². The van der Waals surface area contributed by atoms with Gasteiger partial charge in [-0.25, -0.2) is 0 Å². The van der Waals surface area contributed by atoms with E-state index in [0.29, 0.717) is 0 Å². The highest BCUT2D eigenvalue weighted by molar-refractivity contribution is 5.90. The van der Waals surface area contributed by atoms with Gasteiger partial charge in [0.05, 0.1) is 0 Å². The van der Waals surface area contributed by atoms with E-state index in [2.05, 4.69) is 67.8 Å². The summed E-state index contributed by atoms with van der Waals surface area (Å²) < 4.78 is 0. The van der Waals surface area contributed by atoms with Crippen LogP contribution in [0.15, 0.2) is 86.0 Å². The zero-order chi connectivity index (χ0) is 15.1. The van der Waals surface area contributed by atoms with E-state index in [0.717, 1.165) is 5.57 Å². The highest BCUT2D eigenvalue weighted by Gasteiger charge is 1.93. The van der Waals surface area contributed by atoms with E-state index in [1.54, 1.807) is 0 Å². The first-order chi connectivity index (χ1) is 10.2. The molecular formula is C21H20. The standard InChI is InChI=1S/C12H10.C9H10/c1-2-10-7-5-8-11-6-3-4-9-12(10)11;1-8(2)9-6-4-3-5-7-9/h2-9H,1H2;3-7H,1H2,2H3. The molecule has 0 radical (unpaired) electrons. The monoisotopic (exact) mass is 272 g/mol. The number of fused-ring (bicyclic) bond motifs is 1. The molecule has 0 saturated carbocycles. The molecule has 0 saturated heterocycles. The normalized spacial score (nSPS) is 9.57. The van der Waals surface area contributed by atoms with Crippen LogP contribution in [0.2, 0.25) is 0 Å². The van der Waals surface area contributed by atoms with Crippen LogP contribution in [0.25, 0.3) is 22.4 Å². The van der Waals surface area contributed by atoms with Crippen LogP contribution in [0, 0.1) is 0 Å². The summed E-state index contributed by atoms with van der Waals surface area (Å²) in [6.07, 6.45) is 1.89. The van der Waals surface area contributed by atoms with E-state index in [9.17, 15) is 0 Å². The highest BCUT2D eigenvalue weighted by atomic mass is 14.0. The quantitative estimate of drug-likeness (QED) is 0.521. The van der Waals surface area contributed by atoms with Crippen LogP contribution in [0.1, 0.15) is 18.1 Å². The molecule has 0 spiro atoms. The van der Waals surface area contributed by atoms with Crippen molar-refractivity contribution in [2.45, 2.75) is 6.92 Å². The summed E-state index contributed by atoms with van der Waals surface area (Å²) in [5.74, 6) is 0. The van der Waals surface area contributed by atoms with E-state index in [1.807, 2.05) is 31.2 Å². The van der Waals surface area contributed by atoms with Crippen molar-refractivity contribution in [1.82, 2.24) is 0 Å². The molecule has 0 unspecified atom stereocenters. The predicted molar refractivity (Wildman–Crippen MR) is 95.2 cm³/mol. The van der Waals surface area contributed by atoms with Gasteiger partial charge in [0.2, 0.25) is 0 Å². The van der Waals surface area contributed by atoms with Gasteiger partial charge in [-0.2, -0.15) is 0 Å². The van der Waals surface area contributed by atoms with Crippen LogP contribution in [0.3, 0.4) is 0 Å². The second-order valence-electron chi connectivity index (χ2n) is 4.92. The summed E-state index contributed by atoms with van der Waals surface area (Å²) in [4.78, 5) is 0. The lowest BCUT2D eigenvalue weighted by molar-refractivity contribution is 1.58. The van der Waals surface area contributed by atoms with Crippen molar-refractivity contribution in [3.63, 3.8) is 0 Å². The average molecular weight is 272 g/mol. The topological polar surface area (TPSA) is 0 Å². The van der Waals surface area contributed by atoms with Crippen molar-refractivity contribution in [3.05, 3.63) is 97.1 Å². The lowest BCUT2D eigenvalue weighted by Gasteiger charge is -1.99. The minimum Gasteiger partial charge on any atom is -0.0984 e. The third-order valence-electron chi connectivity index (χ3n) is 3.31. The second-order valence-corrected chi connectivity index (χ2v) is 4.92. The Labute approximate surface area is 127 Å². The smallest absolute Gasteiger partial charge is 0.0112 e. The van der Waals surface area contributed by atoms with E-state index in [1.165, 1.54) is 21.9 Å². The summed E-state index contributed by atoms with van der Waals surface area (Å²) in [6.45, 7) is 9.62. The fourth-order valence-corrected chi connectivity index (χ4v) is 2.15. The number of benzene rings is 3. The molecule has 0 aromatic heterocycles. The Hall–Kier alpha value is -2.60. The molecule has 104 valence electrons. The Morgan fingerprint density at radius 1 is 0.810 bits per heavy atom. The molecule has 0 nitrogen and oxygen atoms in total. The first kappa shape index (κ1) is 14.8. The van der Waals surface area contributed by atoms with Crippen molar-refractivity contribution in [2.24, 2.45) is 0 Å². The van der Waals surface area contributed by atoms with Gasteiger partial charge in [0.15, 0.2) is 0 Å². The Kier molecular flexibility index (Phi) is 5.11. The highest BCUT2D eigenvalue weighted by Crippen LogP contribution is 2.18. The van der Waals surface area contributed by atoms with Crippen molar-refractivity contribution in [2.75, 3.05) is 0 Å². The first-order valence-electron chi connectivity index (χ1n) is 7.03. The van der Waals surface area contributed by atoms with E-state index in [-0.39, 0.29) is 0 Å². The Morgan fingerprint density at radius 2 is 1.43 bits per heavy atom. The molecule has 0 aliphatic carbocycles. The lowest BCUT2D eigenvalue weighted by atomic mass is 10.1. The van der Waals surface area contributed by atoms with Crippen LogP contribution < -0.4 is 0 Å². The number of allylic oxidation sites excluding steroid dienone is 1. The van der Waals surface area contributed by atoms with Crippen LogP contribution in [0.5, 0.6) is 0 Å². The number of hydrogen-bond donors (Lipinski definition) is 0. The second kappa shape index (κ2) is 7.25. The van der Waals surface area contributed by atoms with Gasteiger partial charge in [-0.15, -0.1) is 0 Å². The molecule has 0 aliphatic rings. The fraction of sp³-hybridized carbons (Fsp3) is 0.0476. The molecule has 21 heavy (non-hydrogen) atoms. The van der Waals surface area contributed by atoms with Gasteiger partial charge in [-0.05, 0) is 28.8 Å². The van der Waals surface area contributed by atoms with E-state index < -0.39 is 0 Å². The molecule has 0 fully saturated rings. The zero-order valence-electron chi connectivity index (χ0n) is 12.4. The number of hydrogen-bond acceptors (Lipinski definition) is 0. The molecular weight excluding hydrogens is 252 g/mol. The maximum absolute atomic E-state index is 3.83. The summed E-state index contributed by atoms with van der Waals surface area (Å²) in [5, 5.41) is 2.55. The minimum absolute atomic E-state index is 1.12. The summed E-state index contributed by atoms with van der Waals surface area (Å²) in [7, 11) is 0. The molecule has 0 bridgehead atoms. The largest absolute Gasteiger partial charge is 0.0984 e. The molecule has 3 aromatic rings. The molecule has 3 aromatic carbocycles.